The number of benzene rings is 1. The number of carbonyl (C=O) groups is 1. The number of halogens is 3. The Kier molecular flexibility index (Phi) is 4.46. The average Bonchev–Trinajstić information content (AvgIpc) is 3.09. The van der Waals surface area contributed by atoms with Gasteiger partial charge in [0.1, 0.15) is 5.69 Å². The number of carbonyl (C=O) groups excluding carboxylic acids is 1. The maximum absolute atomic E-state index is 12.7. The third-order valence-electron chi connectivity index (χ3n) is 3.35. The highest BCUT2D eigenvalue weighted by molar-refractivity contribution is 5.94. The van der Waals surface area contributed by atoms with E-state index in [0.29, 0.717) is 5.69 Å². The molecule has 0 saturated carbocycles. The van der Waals surface area contributed by atoms with E-state index in [-0.39, 0.29) is 12.1 Å². The second-order valence-corrected chi connectivity index (χ2v) is 5.12. The molecule has 0 aliphatic rings. The number of pyridine rings is 1. The molecule has 25 heavy (non-hydrogen) atoms. The summed E-state index contributed by atoms with van der Waals surface area (Å²) in [5, 5.41) is 10.4. The zero-order valence-corrected chi connectivity index (χ0v) is 12.7. The van der Waals surface area contributed by atoms with Gasteiger partial charge in [-0.25, -0.2) is 4.68 Å². The van der Waals surface area contributed by atoms with Gasteiger partial charge >= 0.3 is 6.18 Å². The van der Waals surface area contributed by atoms with Gasteiger partial charge in [0.25, 0.3) is 5.91 Å². The summed E-state index contributed by atoms with van der Waals surface area (Å²) in [6.07, 6.45) is 0.323. The van der Waals surface area contributed by atoms with Crippen LogP contribution in [0, 0.1) is 0 Å². The number of rotatable bonds is 4. The summed E-state index contributed by atoms with van der Waals surface area (Å²) >= 11 is 0. The summed E-state index contributed by atoms with van der Waals surface area (Å²) in [4.78, 5) is 15.9. The van der Waals surface area contributed by atoms with Crippen LogP contribution >= 0.6 is 0 Å². The molecule has 0 radical (unpaired) electrons. The van der Waals surface area contributed by atoms with Crippen LogP contribution in [0.5, 0.6) is 0 Å². The summed E-state index contributed by atoms with van der Waals surface area (Å²) in [5.41, 5.74) is 0.273. The second kappa shape index (κ2) is 6.71. The van der Waals surface area contributed by atoms with Gasteiger partial charge in [0.05, 0.1) is 24.0 Å². The highest BCUT2D eigenvalue weighted by Crippen LogP contribution is 2.29. The van der Waals surface area contributed by atoms with E-state index in [1.165, 1.54) is 16.8 Å². The summed E-state index contributed by atoms with van der Waals surface area (Å²) in [6, 6.07) is 7.70. The molecule has 2 heterocycles. The fourth-order valence-corrected chi connectivity index (χ4v) is 2.11. The first-order valence-electron chi connectivity index (χ1n) is 7.20. The van der Waals surface area contributed by atoms with Crippen molar-refractivity contribution in [2.75, 3.05) is 0 Å². The maximum Gasteiger partial charge on any atom is 0.416 e. The number of hydrogen-bond donors (Lipinski definition) is 1. The molecule has 0 aliphatic carbocycles. The predicted molar refractivity (Wildman–Crippen MR) is 81.8 cm³/mol. The Balaban J connectivity index is 1.66. The molecule has 3 aromatic rings. The number of nitrogens with one attached hydrogen (secondary N) is 1. The van der Waals surface area contributed by atoms with E-state index in [4.69, 9.17) is 0 Å². The lowest BCUT2D eigenvalue weighted by atomic mass is 10.1. The molecular formula is C16H12F3N5O. The molecule has 1 aromatic carbocycles. The summed E-state index contributed by atoms with van der Waals surface area (Å²) in [6.45, 7) is 0.0418. The van der Waals surface area contributed by atoms with Gasteiger partial charge in [-0.15, -0.1) is 5.10 Å². The Morgan fingerprint density at radius 1 is 1.16 bits per heavy atom. The smallest absolute Gasteiger partial charge is 0.346 e. The number of nitrogens with zero attached hydrogens (tertiary/aromatic N) is 4. The monoisotopic (exact) mass is 347 g/mol. The molecule has 128 valence electrons. The van der Waals surface area contributed by atoms with Crippen molar-refractivity contribution in [2.45, 2.75) is 12.7 Å². The maximum atomic E-state index is 12.7. The SMILES string of the molecule is O=C(NCc1cn(-c2ccncc2)nn1)c1cccc(C(F)(F)F)c1. The molecule has 3 rings (SSSR count). The topological polar surface area (TPSA) is 72.7 Å². The first-order chi connectivity index (χ1) is 11.9. The molecule has 9 heteroatoms. The van der Waals surface area contributed by atoms with Crippen molar-refractivity contribution in [3.05, 3.63) is 71.8 Å². The van der Waals surface area contributed by atoms with Crippen molar-refractivity contribution in [1.82, 2.24) is 25.3 Å². The van der Waals surface area contributed by atoms with Crippen LogP contribution in [0.1, 0.15) is 21.6 Å². The molecule has 0 spiro atoms. The highest BCUT2D eigenvalue weighted by Gasteiger charge is 2.30. The lowest BCUT2D eigenvalue weighted by molar-refractivity contribution is -0.137. The van der Waals surface area contributed by atoms with Crippen molar-refractivity contribution in [2.24, 2.45) is 0 Å². The van der Waals surface area contributed by atoms with Crippen molar-refractivity contribution in [3.63, 3.8) is 0 Å². The van der Waals surface area contributed by atoms with Crippen LogP contribution in [0.25, 0.3) is 5.69 Å². The number of hydrogen-bond acceptors (Lipinski definition) is 4. The van der Waals surface area contributed by atoms with E-state index < -0.39 is 17.6 Å². The van der Waals surface area contributed by atoms with Gasteiger partial charge in [-0.2, -0.15) is 13.2 Å². The van der Waals surface area contributed by atoms with Crippen LogP contribution in [0.15, 0.2) is 55.0 Å². The van der Waals surface area contributed by atoms with Crippen molar-refractivity contribution in [1.29, 1.82) is 0 Å². The largest absolute Gasteiger partial charge is 0.416 e. The van der Waals surface area contributed by atoms with Crippen LogP contribution in [-0.2, 0) is 12.7 Å². The molecule has 0 atom stereocenters. The third-order valence-corrected chi connectivity index (χ3v) is 3.35. The number of amides is 1. The molecule has 0 unspecified atom stereocenters. The second-order valence-electron chi connectivity index (χ2n) is 5.12. The predicted octanol–water partition coefficient (Wildman–Crippen LogP) is 2.61. The van der Waals surface area contributed by atoms with Gasteiger partial charge < -0.3 is 5.32 Å². The van der Waals surface area contributed by atoms with Gasteiger partial charge in [-0.1, -0.05) is 11.3 Å². The first-order valence-corrected chi connectivity index (χ1v) is 7.20. The minimum Gasteiger partial charge on any atom is -0.346 e. The molecule has 0 aliphatic heterocycles. The fourth-order valence-electron chi connectivity index (χ4n) is 2.11. The molecule has 6 nitrogen and oxygen atoms in total. The Bertz CT molecular complexity index is 877. The van der Waals surface area contributed by atoms with E-state index in [1.807, 2.05) is 0 Å². The highest BCUT2D eigenvalue weighted by atomic mass is 19.4. The zero-order valence-electron chi connectivity index (χ0n) is 12.7. The number of aromatic nitrogens is 4. The van der Waals surface area contributed by atoms with Crippen LogP contribution in [0.3, 0.4) is 0 Å². The minimum atomic E-state index is -4.50. The number of alkyl halides is 3. The normalized spacial score (nSPS) is 11.3. The van der Waals surface area contributed by atoms with Crippen LogP contribution in [-0.4, -0.2) is 25.9 Å². The van der Waals surface area contributed by atoms with Crippen molar-refractivity contribution in [3.8, 4) is 5.69 Å². The Hall–Kier alpha value is -3.23. The van der Waals surface area contributed by atoms with E-state index in [1.54, 1.807) is 30.7 Å². The molecular weight excluding hydrogens is 335 g/mol. The summed E-state index contributed by atoms with van der Waals surface area (Å²) in [5.74, 6) is -0.621. The van der Waals surface area contributed by atoms with Gasteiger partial charge in [0.15, 0.2) is 0 Å². The fraction of sp³-hybridized carbons (Fsp3) is 0.125. The van der Waals surface area contributed by atoms with Gasteiger partial charge in [0.2, 0.25) is 0 Å². The molecule has 0 fully saturated rings. The lowest BCUT2D eigenvalue weighted by Crippen LogP contribution is -2.23. The van der Waals surface area contributed by atoms with E-state index >= 15 is 0 Å². The first kappa shape index (κ1) is 16.6. The van der Waals surface area contributed by atoms with Crippen molar-refractivity contribution >= 4 is 5.91 Å². The summed E-state index contributed by atoms with van der Waals surface area (Å²) < 4.78 is 39.6. The van der Waals surface area contributed by atoms with Crippen LogP contribution in [0.2, 0.25) is 0 Å². The molecule has 1 N–H and O–H groups in total. The average molecular weight is 347 g/mol. The zero-order chi connectivity index (χ0) is 17.9. The molecule has 0 saturated heterocycles. The minimum absolute atomic E-state index is 0.0418. The van der Waals surface area contributed by atoms with E-state index in [2.05, 4.69) is 20.6 Å². The molecule has 0 bridgehead atoms. The van der Waals surface area contributed by atoms with Gasteiger partial charge in [-0.05, 0) is 30.3 Å². The summed E-state index contributed by atoms with van der Waals surface area (Å²) in [7, 11) is 0. The van der Waals surface area contributed by atoms with Crippen LogP contribution < -0.4 is 5.32 Å². The van der Waals surface area contributed by atoms with Gasteiger partial charge in [0, 0.05) is 18.0 Å². The lowest BCUT2D eigenvalue weighted by Gasteiger charge is -2.08. The Morgan fingerprint density at radius 2 is 1.92 bits per heavy atom. The Morgan fingerprint density at radius 3 is 2.64 bits per heavy atom. The standard InChI is InChI=1S/C16H12F3N5O/c17-16(18,19)12-3-1-2-11(8-12)15(25)21-9-13-10-24(23-22-13)14-4-6-20-7-5-14/h1-8,10H,9H2,(H,21,25). The third kappa shape index (κ3) is 4.00. The molecule has 2 aromatic heterocycles. The van der Waals surface area contributed by atoms with E-state index in [9.17, 15) is 18.0 Å². The quantitative estimate of drug-likeness (QED) is 0.787. The van der Waals surface area contributed by atoms with Crippen LogP contribution in [0.4, 0.5) is 13.2 Å². The Labute approximate surface area is 140 Å². The van der Waals surface area contributed by atoms with E-state index in [0.717, 1.165) is 17.8 Å². The van der Waals surface area contributed by atoms with Crippen molar-refractivity contribution < 1.29 is 18.0 Å². The van der Waals surface area contributed by atoms with Gasteiger partial charge in [-0.3, -0.25) is 9.78 Å². The molecule has 1 amide bonds.